The van der Waals surface area contributed by atoms with Gasteiger partial charge in [-0.05, 0) is 24.6 Å². The second kappa shape index (κ2) is 5.60. The normalized spacial score (nSPS) is 9.08. The van der Waals surface area contributed by atoms with Crippen molar-refractivity contribution in [1.82, 2.24) is 4.98 Å². The summed E-state index contributed by atoms with van der Waals surface area (Å²) in [7, 11) is 0. The zero-order valence-electron chi connectivity index (χ0n) is 7.90. The van der Waals surface area contributed by atoms with Gasteiger partial charge in [-0.1, -0.05) is 24.3 Å². The predicted octanol–water partition coefficient (Wildman–Crippen LogP) is 3.21. The van der Waals surface area contributed by atoms with Crippen LogP contribution in [0.25, 0.3) is 10.9 Å². The van der Waals surface area contributed by atoms with Gasteiger partial charge in [-0.25, -0.2) is 0 Å². The van der Waals surface area contributed by atoms with Crippen molar-refractivity contribution < 1.29 is 0 Å². The second-order valence-electron chi connectivity index (χ2n) is 2.60. The highest BCUT2D eigenvalue weighted by atomic mass is 32.2. The Morgan fingerprint density at radius 1 is 1.00 bits per heavy atom. The smallest absolute Gasteiger partial charge is 0.0701 e. The van der Waals surface area contributed by atoms with Gasteiger partial charge in [0.2, 0.25) is 0 Å². The summed E-state index contributed by atoms with van der Waals surface area (Å²) >= 11 is 1.75. The average molecular weight is 191 g/mol. The van der Waals surface area contributed by atoms with Crippen molar-refractivity contribution in [3.8, 4) is 0 Å². The van der Waals surface area contributed by atoms with E-state index in [0.717, 1.165) is 5.52 Å². The first-order valence-electron chi connectivity index (χ1n) is 4.08. The molecule has 2 aromatic rings. The first kappa shape index (κ1) is 10.1. The third-order valence-corrected chi connectivity index (χ3v) is 1.51. The number of para-hydroxylation sites is 1. The fourth-order valence-electron chi connectivity index (χ4n) is 1.02. The quantitative estimate of drug-likeness (QED) is 0.634. The zero-order chi connectivity index (χ0) is 9.52. The number of pyridine rings is 1. The van der Waals surface area contributed by atoms with Crippen molar-refractivity contribution >= 4 is 22.7 Å². The lowest BCUT2D eigenvalue weighted by molar-refractivity contribution is 1.41. The lowest BCUT2D eigenvalue weighted by atomic mass is 10.2. The van der Waals surface area contributed by atoms with Crippen LogP contribution in [-0.4, -0.2) is 17.5 Å². The first-order valence-corrected chi connectivity index (χ1v) is 5.71. The summed E-state index contributed by atoms with van der Waals surface area (Å²) in [5, 5.41) is 1.20. The maximum atomic E-state index is 4.18. The molecule has 0 saturated carbocycles. The van der Waals surface area contributed by atoms with Crippen molar-refractivity contribution in [3.05, 3.63) is 42.6 Å². The van der Waals surface area contributed by atoms with E-state index in [1.807, 2.05) is 43.0 Å². The van der Waals surface area contributed by atoms with Crippen LogP contribution in [0.3, 0.4) is 0 Å². The van der Waals surface area contributed by atoms with Crippen molar-refractivity contribution in [2.75, 3.05) is 12.5 Å². The molecule has 0 N–H and O–H groups in total. The van der Waals surface area contributed by atoms with Gasteiger partial charge in [-0.3, -0.25) is 4.98 Å². The Morgan fingerprint density at radius 3 is 2.31 bits per heavy atom. The van der Waals surface area contributed by atoms with Crippen LogP contribution in [0.2, 0.25) is 0 Å². The summed E-state index contributed by atoms with van der Waals surface area (Å²) < 4.78 is 0. The second-order valence-corrected chi connectivity index (χ2v) is 3.42. The van der Waals surface area contributed by atoms with Crippen LogP contribution in [0.4, 0.5) is 0 Å². The fourth-order valence-corrected chi connectivity index (χ4v) is 1.02. The molecule has 0 bridgehead atoms. The summed E-state index contributed by atoms with van der Waals surface area (Å²) in [5.41, 5.74) is 1.06. The molecule has 0 unspecified atom stereocenters. The Morgan fingerprint density at radius 2 is 1.62 bits per heavy atom. The molecule has 0 radical (unpaired) electrons. The van der Waals surface area contributed by atoms with Gasteiger partial charge in [0.15, 0.2) is 0 Å². The van der Waals surface area contributed by atoms with Crippen LogP contribution in [0.15, 0.2) is 42.6 Å². The molecule has 13 heavy (non-hydrogen) atoms. The molecule has 0 saturated heterocycles. The first-order chi connectivity index (χ1) is 6.38. The number of hydrogen-bond donors (Lipinski definition) is 0. The maximum absolute atomic E-state index is 4.18. The molecule has 0 spiro atoms. The Kier molecular flexibility index (Phi) is 4.33. The van der Waals surface area contributed by atoms with Gasteiger partial charge in [-0.15, -0.1) is 0 Å². The lowest BCUT2D eigenvalue weighted by Crippen LogP contribution is -1.73. The van der Waals surface area contributed by atoms with Gasteiger partial charge in [0.25, 0.3) is 0 Å². The molecule has 2 rings (SSSR count). The number of aromatic nitrogens is 1. The standard InChI is InChI=1S/C9H7N.C2H6S/c1-2-6-9-8(4-1)5-3-7-10-9;1-3-2/h1-7H;1-2H3. The van der Waals surface area contributed by atoms with Gasteiger partial charge in [0, 0.05) is 11.6 Å². The van der Waals surface area contributed by atoms with Crippen molar-refractivity contribution in [2.24, 2.45) is 0 Å². The van der Waals surface area contributed by atoms with Gasteiger partial charge in [-0.2, -0.15) is 11.8 Å². The number of benzene rings is 1. The van der Waals surface area contributed by atoms with Crippen molar-refractivity contribution in [1.29, 1.82) is 0 Å². The number of nitrogens with zero attached hydrogens (tertiary/aromatic N) is 1. The van der Waals surface area contributed by atoms with Gasteiger partial charge in [0.1, 0.15) is 0 Å². The van der Waals surface area contributed by atoms with Crippen LogP contribution in [0, 0.1) is 0 Å². The SMILES string of the molecule is CSC.c1ccc2ncccc2c1. The molecule has 0 aliphatic carbocycles. The van der Waals surface area contributed by atoms with Crippen LogP contribution in [-0.2, 0) is 0 Å². The minimum Gasteiger partial charge on any atom is -0.256 e. The van der Waals surface area contributed by atoms with Gasteiger partial charge < -0.3 is 0 Å². The molecule has 1 nitrogen and oxygen atoms in total. The molecule has 1 heterocycles. The Balaban J connectivity index is 0.000000251. The van der Waals surface area contributed by atoms with Gasteiger partial charge in [0.05, 0.1) is 5.52 Å². The Hall–Kier alpha value is -1.02. The predicted molar refractivity (Wildman–Crippen MR) is 61.2 cm³/mol. The van der Waals surface area contributed by atoms with Crippen LogP contribution in [0.1, 0.15) is 0 Å². The lowest BCUT2D eigenvalue weighted by Gasteiger charge is -1.91. The summed E-state index contributed by atoms with van der Waals surface area (Å²) in [5.74, 6) is 0. The number of fused-ring (bicyclic) bond motifs is 1. The van der Waals surface area contributed by atoms with E-state index in [1.165, 1.54) is 5.39 Å². The molecular weight excluding hydrogens is 178 g/mol. The average Bonchev–Trinajstić information content (AvgIpc) is 2.19. The van der Waals surface area contributed by atoms with Crippen molar-refractivity contribution in [2.45, 2.75) is 0 Å². The van der Waals surface area contributed by atoms with Crippen molar-refractivity contribution in [3.63, 3.8) is 0 Å². The van der Waals surface area contributed by atoms with E-state index in [4.69, 9.17) is 0 Å². The van der Waals surface area contributed by atoms with E-state index < -0.39 is 0 Å². The monoisotopic (exact) mass is 191 g/mol. The summed E-state index contributed by atoms with van der Waals surface area (Å²) in [6.07, 6.45) is 5.89. The molecule has 0 amide bonds. The van der Waals surface area contributed by atoms with Crippen LogP contribution < -0.4 is 0 Å². The summed E-state index contributed by atoms with van der Waals surface area (Å²) in [6.45, 7) is 0. The van der Waals surface area contributed by atoms with E-state index in [1.54, 1.807) is 11.8 Å². The largest absolute Gasteiger partial charge is 0.256 e. The third-order valence-electron chi connectivity index (χ3n) is 1.51. The maximum Gasteiger partial charge on any atom is 0.0701 e. The van der Waals surface area contributed by atoms with E-state index >= 15 is 0 Å². The number of thioether (sulfide) groups is 1. The zero-order valence-corrected chi connectivity index (χ0v) is 8.71. The summed E-state index contributed by atoms with van der Waals surface area (Å²) in [6, 6.07) is 12.1. The Labute approximate surface area is 83.2 Å². The molecule has 2 heteroatoms. The minimum atomic E-state index is 1.06. The minimum absolute atomic E-state index is 1.06. The highest BCUT2D eigenvalue weighted by Crippen LogP contribution is 2.07. The number of hydrogen-bond acceptors (Lipinski definition) is 2. The van der Waals surface area contributed by atoms with Crippen LogP contribution >= 0.6 is 11.8 Å². The van der Waals surface area contributed by atoms with E-state index in [0.29, 0.717) is 0 Å². The molecule has 1 aromatic carbocycles. The molecular formula is C11H13NS. The highest BCUT2D eigenvalue weighted by Gasteiger charge is 1.86. The highest BCUT2D eigenvalue weighted by molar-refractivity contribution is 7.97. The molecule has 1 aromatic heterocycles. The van der Waals surface area contributed by atoms with E-state index in [9.17, 15) is 0 Å². The molecule has 68 valence electrons. The van der Waals surface area contributed by atoms with E-state index in [-0.39, 0.29) is 0 Å². The van der Waals surface area contributed by atoms with E-state index in [2.05, 4.69) is 17.1 Å². The molecule has 0 aliphatic rings. The molecule has 0 atom stereocenters. The topological polar surface area (TPSA) is 12.9 Å². The summed E-state index contributed by atoms with van der Waals surface area (Å²) in [4.78, 5) is 4.18. The third kappa shape index (κ3) is 3.07. The number of rotatable bonds is 0. The Bertz CT molecular complexity index is 294. The molecule has 0 fully saturated rings. The van der Waals surface area contributed by atoms with Crippen LogP contribution in [0.5, 0.6) is 0 Å². The fraction of sp³-hybridized carbons (Fsp3) is 0.182. The van der Waals surface area contributed by atoms with Gasteiger partial charge >= 0.3 is 0 Å². The molecule has 0 aliphatic heterocycles.